The van der Waals surface area contributed by atoms with Gasteiger partial charge in [0.15, 0.2) is 0 Å². The molecule has 0 aromatic heterocycles. The van der Waals surface area contributed by atoms with Crippen molar-refractivity contribution in [2.45, 2.75) is 12.6 Å². The highest BCUT2D eigenvalue weighted by Crippen LogP contribution is 2.45. The van der Waals surface area contributed by atoms with Crippen molar-refractivity contribution in [3.63, 3.8) is 0 Å². The molecule has 102 valence electrons. The average molecular weight is 267 g/mol. The lowest BCUT2D eigenvalue weighted by molar-refractivity contribution is -0.116. The summed E-state index contributed by atoms with van der Waals surface area (Å²) in [4.78, 5) is 13.7. The summed E-state index contributed by atoms with van der Waals surface area (Å²) in [5.74, 6) is 1.12. The molecule has 2 unspecified atom stereocenters. The fraction of sp³-hybridized carbons (Fsp3) is 0.375. The van der Waals surface area contributed by atoms with Crippen LogP contribution >= 0.6 is 0 Å². The first kappa shape index (κ1) is 12.9. The first-order valence-electron chi connectivity index (χ1n) is 6.85. The number of amides is 1. The quantitative estimate of drug-likeness (QED) is 0.836. The summed E-state index contributed by atoms with van der Waals surface area (Å²) in [7, 11) is 0. The number of hydrogen-bond acceptors (Lipinski definition) is 3. The molecule has 2 fully saturated rings. The molecule has 2 atom stereocenters. The third kappa shape index (κ3) is 2.45. The van der Waals surface area contributed by atoms with E-state index in [2.05, 4.69) is 22.9 Å². The molecule has 1 saturated carbocycles. The summed E-state index contributed by atoms with van der Waals surface area (Å²) in [5, 5.41) is 11.8. The molecule has 1 heterocycles. The maximum Gasteiger partial charge on any atom is 0.243 e. The van der Waals surface area contributed by atoms with Gasteiger partial charge in [-0.15, -0.1) is 0 Å². The van der Waals surface area contributed by atoms with Crippen molar-refractivity contribution < 1.29 is 4.79 Å². The van der Waals surface area contributed by atoms with E-state index < -0.39 is 0 Å². The van der Waals surface area contributed by atoms with Gasteiger partial charge in [0.05, 0.1) is 11.6 Å². The smallest absolute Gasteiger partial charge is 0.243 e. The van der Waals surface area contributed by atoms with Gasteiger partial charge in [0.25, 0.3) is 0 Å². The van der Waals surface area contributed by atoms with Crippen LogP contribution in [-0.4, -0.2) is 29.9 Å². The summed E-state index contributed by atoms with van der Waals surface area (Å²) in [6.45, 7) is 6.46. The second-order valence-electron chi connectivity index (χ2n) is 5.57. The number of nitrogens with one attached hydrogen (secondary N) is 1. The monoisotopic (exact) mass is 267 g/mol. The predicted molar refractivity (Wildman–Crippen MR) is 75.5 cm³/mol. The molecule has 20 heavy (non-hydrogen) atoms. The predicted octanol–water partition coefficient (Wildman–Crippen LogP) is 1.29. The number of hydrogen-bond donors (Lipinski definition) is 1. The molecule has 1 aliphatic carbocycles. The Morgan fingerprint density at radius 2 is 2.05 bits per heavy atom. The Morgan fingerprint density at radius 3 is 2.60 bits per heavy atom. The first-order valence-corrected chi connectivity index (χ1v) is 6.85. The van der Waals surface area contributed by atoms with Gasteiger partial charge in [-0.1, -0.05) is 18.7 Å². The van der Waals surface area contributed by atoms with Crippen molar-refractivity contribution in [1.82, 2.24) is 10.2 Å². The van der Waals surface area contributed by atoms with Gasteiger partial charge in [0.1, 0.15) is 0 Å². The van der Waals surface area contributed by atoms with Crippen LogP contribution in [0, 0.1) is 23.2 Å². The third-order valence-corrected chi connectivity index (χ3v) is 4.25. The van der Waals surface area contributed by atoms with Crippen LogP contribution in [0.5, 0.6) is 0 Å². The minimum atomic E-state index is -0.0666. The summed E-state index contributed by atoms with van der Waals surface area (Å²) < 4.78 is 0. The summed E-state index contributed by atoms with van der Waals surface area (Å²) in [5.41, 5.74) is 1.93. The van der Waals surface area contributed by atoms with Crippen LogP contribution in [0.4, 0.5) is 0 Å². The van der Waals surface area contributed by atoms with Crippen molar-refractivity contribution in [3.05, 3.63) is 48.0 Å². The SMILES string of the molecule is C=CC(=O)NC1C2CN(Cc3ccc(C#N)cc3)CC21. The van der Waals surface area contributed by atoms with Crippen molar-refractivity contribution >= 4 is 5.91 Å². The van der Waals surface area contributed by atoms with Crippen LogP contribution in [0.1, 0.15) is 11.1 Å². The zero-order valence-electron chi connectivity index (χ0n) is 11.2. The van der Waals surface area contributed by atoms with E-state index in [-0.39, 0.29) is 5.91 Å². The molecular formula is C16H17N3O. The van der Waals surface area contributed by atoms with Crippen molar-refractivity contribution in [3.8, 4) is 6.07 Å². The number of nitrogens with zero attached hydrogens (tertiary/aromatic N) is 2. The molecule has 3 rings (SSSR count). The first-order chi connectivity index (χ1) is 9.71. The standard InChI is InChI=1S/C16H17N3O/c1-2-15(20)18-16-13-9-19(10-14(13)16)8-12-5-3-11(7-17)4-6-12/h2-6,13-14,16H,1,8-10H2,(H,18,20). The Kier molecular flexibility index (Phi) is 3.29. The number of benzene rings is 1. The Hall–Kier alpha value is -2.12. The molecule has 1 aromatic carbocycles. The number of rotatable bonds is 4. The lowest BCUT2D eigenvalue weighted by Crippen LogP contribution is -2.33. The van der Waals surface area contributed by atoms with E-state index >= 15 is 0 Å². The van der Waals surface area contributed by atoms with E-state index in [1.165, 1.54) is 11.6 Å². The molecular weight excluding hydrogens is 250 g/mol. The largest absolute Gasteiger partial charge is 0.349 e. The van der Waals surface area contributed by atoms with Crippen molar-refractivity contribution in [2.24, 2.45) is 11.8 Å². The van der Waals surface area contributed by atoms with E-state index in [1.807, 2.05) is 24.3 Å². The van der Waals surface area contributed by atoms with Crippen LogP contribution in [0.3, 0.4) is 0 Å². The molecule has 2 aliphatic rings. The van der Waals surface area contributed by atoms with Crippen LogP contribution in [-0.2, 0) is 11.3 Å². The molecule has 0 radical (unpaired) electrons. The number of carbonyl (C=O) groups excluding carboxylic acids is 1. The fourth-order valence-corrected chi connectivity index (χ4v) is 3.12. The molecule has 0 spiro atoms. The second kappa shape index (κ2) is 5.10. The van der Waals surface area contributed by atoms with E-state index in [9.17, 15) is 4.79 Å². The van der Waals surface area contributed by atoms with Crippen LogP contribution in [0.25, 0.3) is 0 Å². The average Bonchev–Trinajstić information content (AvgIpc) is 2.92. The maximum atomic E-state index is 11.3. The van der Waals surface area contributed by atoms with E-state index in [0.717, 1.165) is 19.6 Å². The molecule has 1 N–H and O–H groups in total. The zero-order valence-corrected chi connectivity index (χ0v) is 11.2. The van der Waals surface area contributed by atoms with Crippen molar-refractivity contribution in [2.75, 3.05) is 13.1 Å². The Balaban J connectivity index is 1.50. The van der Waals surface area contributed by atoms with Crippen LogP contribution in [0.15, 0.2) is 36.9 Å². The molecule has 1 amide bonds. The van der Waals surface area contributed by atoms with Gasteiger partial charge >= 0.3 is 0 Å². The normalized spacial score (nSPS) is 27.4. The van der Waals surface area contributed by atoms with Crippen LogP contribution in [0.2, 0.25) is 0 Å². The Morgan fingerprint density at radius 1 is 1.40 bits per heavy atom. The number of nitriles is 1. The molecule has 1 aliphatic heterocycles. The number of piperidine rings is 1. The van der Waals surface area contributed by atoms with Gasteiger partial charge in [-0.05, 0) is 35.6 Å². The fourth-order valence-electron chi connectivity index (χ4n) is 3.12. The van der Waals surface area contributed by atoms with Crippen LogP contribution < -0.4 is 5.32 Å². The maximum absolute atomic E-state index is 11.3. The lowest BCUT2D eigenvalue weighted by atomic mass is 10.1. The molecule has 4 heteroatoms. The highest BCUT2D eigenvalue weighted by atomic mass is 16.1. The molecule has 4 nitrogen and oxygen atoms in total. The van der Waals surface area contributed by atoms with Gasteiger partial charge in [-0.2, -0.15) is 5.26 Å². The highest BCUT2D eigenvalue weighted by Gasteiger charge is 2.55. The highest BCUT2D eigenvalue weighted by molar-refractivity contribution is 5.87. The van der Waals surface area contributed by atoms with Gasteiger partial charge in [-0.3, -0.25) is 9.69 Å². The van der Waals surface area contributed by atoms with E-state index in [0.29, 0.717) is 23.4 Å². The molecule has 0 bridgehead atoms. The Labute approximate surface area is 118 Å². The minimum Gasteiger partial charge on any atom is -0.349 e. The second-order valence-corrected chi connectivity index (χ2v) is 5.57. The van der Waals surface area contributed by atoms with Gasteiger partial charge in [-0.25, -0.2) is 0 Å². The van der Waals surface area contributed by atoms with E-state index in [4.69, 9.17) is 5.26 Å². The molecule has 1 aromatic rings. The number of carbonyl (C=O) groups is 1. The number of likely N-dealkylation sites (tertiary alicyclic amines) is 1. The third-order valence-electron chi connectivity index (χ3n) is 4.25. The van der Waals surface area contributed by atoms with Gasteiger partial charge in [0.2, 0.25) is 5.91 Å². The topological polar surface area (TPSA) is 56.1 Å². The van der Waals surface area contributed by atoms with Crippen molar-refractivity contribution in [1.29, 1.82) is 5.26 Å². The van der Waals surface area contributed by atoms with Gasteiger partial charge in [0, 0.05) is 25.7 Å². The summed E-state index contributed by atoms with van der Waals surface area (Å²) in [6, 6.07) is 10.2. The Bertz CT molecular complexity index is 560. The van der Waals surface area contributed by atoms with Gasteiger partial charge < -0.3 is 5.32 Å². The summed E-state index contributed by atoms with van der Waals surface area (Å²) in [6.07, 6.45) is 1.34. The number of fused-ring (bicyclic) bond motifs is 1. The lowest BCUT2D eigenvalue weighted by Gasteiger charge is -2.19. The summed E-state index contributed by atoms with van der Waals surface area (Å²) >= 11 is 0. The minimum absolute atomic E-state index is 0.0666. The zero-order chi connectivity index (χ0) is 14.1. The van der Waals surface area contributed by atoms with E-state index in [1.54, 1.807) is 0 Å². The molecule has 1 saturated heterocycles.